The van der Waals surface area contributed by atoms with Crippen molar-refractivity contribution in [3.05, 3.63) is 33.2 Å². The zero-order valence-corrected chi connectivity index (χ0v) is 13.8. The first-order chi connectivity index (χ1) is 9.60. The van der Waals surface area contributed by atoms with Gasteiger partial charge in [-0.15, -0.1) is 11.3 Å². The van der Waals surface area contributed by atoms with Gasteiger partial charge in [0.1, 0.15) is 5.75 Å². The van der Waals surface area contributed by atoms with Crippen LogP contribution in [0.4, 0.5) is 0 Å². The monoisotopic (exact) mass is 313 g/mol. The van der Waals surface area contributed by atoms with E-state index < -0.39 is 0 Å². The topological polar surface area (TPSA) is 39.1 Å². The molecule has 0 aliphatic carbocycles. The molecule has 1 unspecified atom stereocenters. The van der Waals surface area contributed by atoms with Crippen LogP contribution in [-0.2, 0) is 0 Å². The molecule has 0 saturated carbocycles. The van der Waals surface area contributed by atoms with Crippen LogP contribution in [0.5, 0.6) is 5.75 Å². The number of methoxy groups -OCH3 is 1. The van der Waals surface area contributed by atoms with E-state index in [0.717, 1.165) is 22.9 Å². The molecule has 0 spiro atoms. The fourth-order valence-corrected chi connectivity index (χ4v) is 3.41. The number of aromatic nitrogens is 2. The minimum Gasteiger partial charge on any atom is -0.496 e. The van der Waals surface area contributed by atoms with Crippen LogP contribution in [0.3, 0.4) is 0 Å². The number of hydrogen-bond acceptors (Lipinski definition) is 4. The lowest BCUT2D eigenvalue weighted by molar-refractivity contribution is 0.404. The first-order valence-corrected chi connectivity index (χ1v) is 7.93. The first kappa shape index (κ1) is 15.4. The highest BCUT2D eigenvalue weighted by atomic mass is 35.5. The molecule has 4 nitrogen and oxygen atoms in total. The van der Waals surface area contributed by atoms with Gasteiger partial charge in [-0.1, -0.05) is 18.5 Å². The van der Waals surface area contributed by atoms with Crippen molar-refractivity contribution >= 4 is 22.9 Å². The maximum Gasteiger partial charge on any atom is 0.134 e. The standard InChI is InChI=1S/C14H20ClN3OS/c1-5-16-12(14-11(19-4)6-7-20-14)13-10(15)8-17-18(13)9(2)3/h6-9,12,16H,5H2,1-4H3. The van der Waals surface area contributed by atoms with Gasteiger partial charge in [0.05, 0.1) is 34.9 Å². The Labute approximate surface area is 128 Å². The summed E-state index contributed by atoms with van der Waals surface area (Å²) in [5.74, 6) is 0.883. The average molecular weight is 314 g/mol. The molecule has 2 aromatic heterocycles. The highest BCUT2D eigenvalue weighted by Crippen LogP contribution is 2.38. The lowest BCUT2D eigenvalue weighted by atomic mass is 10.1. The molecule has 0 fully saturated rings. The quantitative estimate of drug-likeness (QED) is 0.879. The number of halogens is 1. The highest BCUT2D eigenvalue weighted by molar-refractivity contribution is 7.10. The fraction of sp³-hybridized carbons (Fsp3) is 0.500. The van der Waals surface area contributed by atoms with E-state index in [4.69, 9.17) is 16.3 Å². The van der Waals surface area contributed by atoms with E-state index in [-0.39, 0.29) is 12.1 Å². The van der Waals surface area contributed by atoms with Gasteiger partial charge in [-0.05, 0) is 31.8 Å². The van der Waals surface area contributed by atoms with Gasteiger partial charge in [0.25, 0.3) is 0 Å². The van der Waals surface area contributed by atoms with E-state index in [1.165, 1.54) is 0 Å². The summed E-state index contributed by atoms with van der Waals surface area (Å²) in [5, 5.41) is 10.6. The van der Waals surface area contributed by atoms with Gasteiger partial charge >= 0.3 is 0 Å². The van der Waals surface area contributed by atoms with Crippen molar-refractivity contribution in [3.63, 3.8) is 0 Å². The predicted molar refractivity (Wildman–Crippen MR) is 84.0 cm³/mol. The van der Waals surface area contributed by atoms with Crippen LogP contribution >= 0.6 is 22.9 Å². The summed E-state index contributed by atoms with van der Waals surface area (Å²) < 4.78 is 7.42. The molecule has 6 heteroatoms. The number of rotatable bonds is 6. The van der Waals surface area contributed by atoms with Crippen LogP contribution in [0.1, 0.15) is 43.4 Å². The third kappa shape index (κ3) is 2.85. The second-order valence-electron chi connectivity index (χ2n) is 4.76. The number of ether oxygens (including phenoxy) is 1. The third-order valence-electron chi connectivity index (χ3n) is 3.10. The van der Waals surface area contributed by atoms with Crippen LogP contribution in [0, 0.1) is 0 Å². The molecule has 1 N–H and O–H groups in total. The predicted octanol–water partition coefficient (Wildman–Crippen LogP) is 3.89. The van der Waals surface area contributed by atoms with Crippen LogP contribution in [0.15, 0.2) is 17.6 Å². The van der Waals surface area contributed by atoms with Crippen LogP contribution in [-0.4, -0.2) is 23.4 Å². The van der Waals surface area contributed by atoms with E-state index in [1.807, 2.05) is 16.1 Å². The maximum atomic E-state index is 6.37. The molecule has 110 valence electrons. The molecule has 2 aromatic rings. The minimum absolute atomic E-state index is 0.00708. The molecule has 0 amide bonds. The maximum absolute atomic E-state index is 6.37. The Morgan fingerprint density at radius 3 is 2.85 bits per heavy atom. The number of thiophene rings is 1. The molecule has 0 aromatic carbocycles. The smallest absolute Gasteiger partial charge is 0.134 e. The van der Waals surface area contributed by atoms with Gasteiger partial charge in [0.15, 0.2) is 0 Å². The number of hydrogen-bond donors (Lipinski definition) is 1. The van der Waals surface area contributed by atoms with Crippen molar-refractivity contribution < 1.29 is 4.74 Å². The highest BCUT2D eigenvalue weighted by Gasteiger charge is 2.26. The zero-order valence-electron chi connectivity index (χ0n) is 12.2. The minimum atomic E-state index is -0.00708. The number of nitrogens with zero attached hydrogens (tertiary/aromatic N) is 2. The second-order valence-corrected chi connectivity index (χ2v) is 6.11. The van der Waals surface area contributed by atoms with E-state index in [9.17, 15) is 0 Å². The Morgan fingerprint density at radius 1 is 1.50 bits per heavy atom. The Kier molecular flexibility index (Phi) is 5.07. The molecule has 0 radical (unpaired) electrons. The summed E-state index contributed by atoms with van der Waals surface area (Å²) >= 11 is 8.03. The molecule has 20 heavy (non-hydrogen) atoms. The first-order valence-electron chi connectivity index (χ1n) is 6.67. The summed E-state index contributed by atoms with van der Waals surface area (Å²) in [6.45, 7) is 7.12. The molecule has 2 rings (SSSR count). The second kappa shape index (κ2) is 6.61. The summed E-state index contributed by atoms with van der Waals surface area (Å²) in [6, 6.07) is 2.23. The van der Waals surface area contributed by atoms with Crippen LogP contribution in [0.25, 0.3) is 0 Å². The van der Waals surface area contributed by atoms with Crippen molar-refractivity contribution in [2.75, 3.05) is 13.7 Å². The summed E-state index contributed by atoms with van der Waals surface area (Å²) in [6.07, 6.45) is 1.71. The van der Waals surface area contributed by atoms with Crippen molar-refractivity contribution in [1.29, 1.82) is 0 Å². The van der Waals surface area contributed by atoms with Gasteiger partial charge in [0, 0.05) is 6.04 Å². The summed E-state index contributed by atoms with van der Waals surface area (Å²) in [4.78, 5) is 1.12. The van der Waals surface area contributed by atoms with Gasteiger partial charge in [-0.2, -0.15) is 5.10 Å². The van der Waals surface area contributed by atoms with Crippen molar-refractivity contribution in [2.24, 2.45) is 0 Å². The molecular formula is C14H20ClN3OS. The van der Waals surface area contributed by atoms with E-state index >= 15 is 0 Å². The van der Waals surface area contributed by atoms with Crippen molar-refractivity contribution in [2.45, 2.75) is 32.9 Å². The molecular weight excluding hydrogens is 294 g/mol. The summed E-state index contributed by atoms with van der Waals surface area (Å²) in [5.41, 5.74) is 0.990. The zero-order chi connectivity index (χ0) is 14.7. The van der Waals surface area contributed by atoms with Gasteiger partial charge in [-0.3, -0.25) is 4.68 Å². The van der Waals surface area contributed by atoms with E-state index in [2.05, 4.69) is 31.2 Å². The summed E-state index contributed by atoms with van der Waals surface area (Å²) in [7, 11) is 1.69. The lowest BCUT2D eigenvalue weighted by Gasteiger charge is -2.21. The largest absolute Gasteiger partial charge is 0.496 e. The van der Waals surface area contributed by atoms with E-state index in [0.29, 0.717) is 5.02 Å². The van der Waals surface area contributed by atoms with Gasteiger partial charge in [0.2, 0.25) is 0 Å². The van der Waals surface area contributed by atoms with Gasteiger partial charge in [-0.25, -0.2) is 0 Å². The third-order valence-corrected chi connectivity index (χ3v) is 4.35. The van der Waals surface area contributed by atoms with E-state index in [1.54, 1.807) is 24.6 Å². The van der Waals surface area contributed by atoms with Crippen molar-refractivity contribution in [1.82, 2.24) is 15.1 Å². The molecule has 0 aliphatic rings. The van der Waals surface area contributed by atoms with Crippen LogP contribution in [0.2, 0.25) is 5.02 Å². The average Bonchev–Trinajstić information content (AvgIpc) is 3.02. The molecule has 0 saturated heterocycles. The number of nitrogens with one attached hydrogen (secondary N) is 1. The Morgan fingerprint density at radius 2 is 2.25 bits per heavy atom. The van der Waals surface area contributed by atoms with Crippen molar-refractivity contribution in [3.8, 4) is 5.75 Å². The SMILES string of the molecule is CCNC(c1sccc1OC)c1c(Cl)cnn1C(C)C. The molecule has 2 heterocycles. The molecule has 0 bridgehead atoms. The molecule has 1 atom stereocenters. The normalized spacial score (nSPS) is 12.9. The lowest BCUT2D eigenvalue weighted by Crippen LogP contribution is -2.25. The fourth-order valence-electron chi connectivity index (χ4n) is 2.24. The Balaban J connectivity index is 2.51. The van der Waals surface area contributed by atoms with Gasteiger partial charge < -0.3 is 10.1 Å². The Hall–Kier alpha value is -1.04. The Bertz CT molecular complexity index is 565. The molecule has 0 aliphatic heterocycles. The van der Waals surface area contributed by atoms with Crippen LogP contribution < -0.4 is 10.1 Å².